The van der Waals surface area contributed by atoms with Crippen molar-refractivity contribution in [3.05, 3.63) is 12.2 Å². The third-order valence-corrected chi connectivity index (χ3v) is 8.35. The Balaban J connectivity index is 0. The monoisotopic (exact) mass is 809 g/mol. The summed E-state index contributed by atoms with van der Waals surface area (Å²) >= 11 is 0. The average molecular weight is 809 g/mol. The summed E-state index contributed by atoms with van der Waals surface area (Å²) in [6.07, 6.45) is 11.2. The molecule has 45 heavy (non-hydrogen) atoms. The molecule has 1 rings (SSSR count). The van der Waals surface area contributed by atoms with E-state index in [9.17, 15) is 27.9 Å². The normalized spacial score (nSPS) is 16.8. The second-order valence-corrected chi connectivity index (χ2v) is 13.3. The summed E-state index contributed by atoms with van der Waals surface area (Å²) in [6.45, 7) is 9.40. The van der Waals surface area contributed by atoms with E-state index in [1.54, 1.807) is 14.7 Å². The fourth-order valence-corrected chi connectivity index (χ4v) is 5.62. The van der Waals surface area contributed by atoms with Gasteiger partial charge in [0.2, 0.25) is 10.0 Å². The average Bonchev–Trinajstić information content (AvgIpc) is 2.90. The van der Waals surface area contributed by atoms with Gasteiger partial charge in [0.15, 0.2) is 0 Å². The molecule has 0 amide bonds. The van der Waals surface area contributed by atoms with Crippen LogP contribution in [0, 0.1) is 46.9 Å². The summed E-state index contributed by atoms with van der Waals surface area (Å²) in [5, 5.41) is 40.4. The van der Waals surface area contributed by atoms with Crippen LogP contribution in [0.2, 0.25) is 0 Å². The third-order valence-electron chi connectivity index (χ3n) is 7.08. The number of carbonyl (C=O) groups is 3. The molecule has 1 aliphatic heterocycles. The Bertz CT molecular complexity index is 869. The van der Waals surface area contributed by atoms with Crippen molar-refractivity contribution >= 4 is 27.9 Å². The second kappa shape index (κ2) is 28.5. The number of carboxylic acids is 3. The zero-order valence-corrected chi connectivity index (χ0v) is 30.3. The number of unbranched alkanes of at least 4 members (excludes halogenated alkanes) is 8. The van der Waals surface area contributed by atoms with Crippen molar-refractivity contribution in [1.29, 1.82) is 0 Å². The van der Waals surface area contributed by atoms with Crippen LogP contribution in [0.25, 0.3) is 5.32 Å². The Labute approximate surface area is 302 Å². The zero-order valence-electron chi connectivity index (χ0n) is 27.2. The van der Waals surface area contributed by atoms with E-state index in [0.29, 0.717) is 58.9 Å². The Morgan fingerprint density at radius 2 is 1.09 bits per heavy atom. The number of aliphatic hydroxyl groups is 1. The van der Waals surface area contributed by atoms with Crippen LogP contribution in [-0.2, 0) is 24.4 Å². The zero-order chi connectivity index (χ0) is 33.4. The summed E-state index contributed by atoms with van der Waals surface area (Å²) in [5.41, 5.74) is 0. The van der Waals surface area contributed by atoms with Crippen molar-refractivity contribution in [3.8, 4) is 0 Å². The number of hydrogen-bond donors (Lipinski definition) is 4. The van der Waals surface area contributed by atoms with Gasteiger partial charge in [-0.05, 0) is 19.5 Å². The molecule has 0 radical (unpaired) electrons. The van der Waals surface area contributed by atoms with Crippen LogP contribution in [-0.4, -0.2) is 163 Å². The number of aliphatic hydroxyl groups excluding tert-OH is 1. The standard InChI is InChI=1S/C15H32NO3S.C14H25N4O6.Gd/c1-4-5-6-7-8-9-10-11-12-13-16(14-15(2)17)20(3,18)19;19-12(20)9-16-3-1-15-2-4-17(10-13(21)22)6-8-18(7-5-16)11-14(23)24;/h15,17H,2,4-14H2,1,3H3;1-11H2,(H,19,20)(H,21,22)(H,23,24);/q2*-1;+2. The van der Waals surface area contributed by atoms with Crippen LogP contribution in [0.15, 0.2) is 0 Å². The molecule has 4 N–H and O–H groups in total. The third kappa shape index (κ3) is 29.3. The first-order chi connectivity index (χ1) is 20.7. The number of carboxylic acid groups (broad SMARTS) is 3. The van der Waals surface area contributed by atoms with Gasteiger partial charge in [0, 0.05) is 39.3 Å². The maximum absolute atomic E-state index is 11.5. The van der Waals surface area contributed by atoms with Crippen molar-refractivity contribution in [2.75, 3.05) is 91.3 Å². The van der Waals surface area contributed by atoms with Crippen LogP contribution in [0.3, 0.4) is 0 Å². The topological polar surface area (TPSA) is 193 Å². The quantitative estimate of drug-likeness (QED) is 0.109. The molecular weight excluding hydrogens is 752 g/mol. The first kappa shape index (κ1) is 46.6. The predicted octanol–water partition coefficient (Wildman–Crippen LogP) is 1.51. The van der Waals surface area contributed by atoms with Gasteiger partial charge in [0.25, 0.3) is 0 Å². The second-order valence-electron chi connectivity index (χ2n) is 11.3. The number of hydrogen-bond acceptors (Lipinski definition) is 9. The maximum atomic E-state index is 11.5. The van der Waals surface area contributed by atoms with Gasteiger partial charge in [-0.15, -0.1) is 13.1 Å². The molecule has 1 aliphatic rings. The smallest absolute Gasteiger partial charge is 0.660 e. The molecule has 0 aromatic carbocycles. The van der Waals surface area contributed by atoms with Crippen molar-refractivity contribution in [1.82, 2.24) is 19.0 Å². The van der Waals surface area contributed by atoms with E-state index in [0.717, 1.165) is 19.3 Å². The summed E-state index contributed by atoms with van der Waals surface area (Å²) in [7, 11) is -3.23. The molecule has 1 fully saturated rings. The van der Waals surface area contributed by atoms with E-state index in [4.69, 9.17) is 15.3 Å². The minimum absolute atomic E-state index is 0. The summed E-state index contributed by atoms with van der Waals surface area (Å²) in [4.78, 5) is 38.0. The van der Waals surface area contributed by atoms with Gasteiger partial charge in [-0.3, -0.25) is 29.1 Å². The molecule has 1 heterocycles. The van der Waals surface area contributed by atoms with Crippen molar-refractivity contribution < 1.29 is 83.2 Å². The number of rotatable bonds is 19. The fraction of sp³-hybridized carbons (Fsp3) is 0.862. The first-order valence-corrected chi connectivity index (χ1v) is 17.5. The number of nitrogens with zero attached hydrogens (tertiary/aromatic N) is 5. The molecule has 14 nitrogen and oxygen atoms in total. The van der Waals surface area contributed by atoms with Gasteiger partial charge in [-0.2, -0.15) is 0 Å². The molecule has 0 aromatic rings. The predicted molar refractivity (Wildman–Crippen MR) is 170 cm³/mol. The van der Waals surface area contributed by atoms with Crippen LogP contribution in [0.1, 0.15) is 64.7 Å². The SMILES string of the molecule is O=C(O)CN1CC[N-]CCN(CC(=O)O)CCN(CC(=O)O)CC1.[CH2-]C(O)CN(CCCCCCCCCCC)S(C)(=O)=O.[Gd+2]. The van der Waals surface area contributed by atoms with Gasteiger partial charge in [-0.1, -0.05) is 64.4 Å². The van der Waals surface area contributed by atoms with E-state index >= 15 is 0 Å². The summed E-state index contributed by atoms with van der Waals surface area (Å²) < 4.78 is 24.4. The molecule has 0 bridgehead atoms. The molecular formula is C29H57GdN5O9S. The molecule has 266 valence electrons. The van der Waals surface area contributed by atoms with Crippen LogP contribution in [0.5, 0.6) is 0 Å². The molecule has 0 saturated carbocycles. The molecule has 16 heteroatoms. The van der Waals surface area contributed by atoms with Gasteiger partial charge in [0.05, 0.1) is 25.9 Å². The fourth-order valence-electron chi connectivity index (χ4n) is 4.71. The Kier molecular flexibility index (Phi) is 29.4. The minimum Gasteiger partial charge on any atom is -0.660 e. The number of aliphatic carboxylic acids is 3. The van der Waals surface area contributed by atoms with Crippen molar-refractivity contribution in [2.24, 2.45) is 0 Å². The molecule has 1 atom stereocenters. The molecule has 0 spiro atoms. The minimum atomic E-state index is -3.23. The van der Waals surface area contributed by atoms with Crippen molar-refractivity contribution in [3.63, 3.8) is 0 Å². The molecule has 1 saturated heterocycles. The van der Waals surface area contributed by atoms with Gasteiger partial charge >= 0.3 is 57.8 Å². The Morgan fingerprint density at radius 3 is 1.42 bits per heavy atom. The maximum Gasteiger partial charge on any atom is 2.00 e. The van der Waals surface area contributed by atoms with Gasteiger partial charge in [0.1, 0.15) is 0 Å². The first-order valence-electron chi connectivity index (χ1n) is 15.7. The molecule has 1 unspecified atom stereocenters. The van der Waals surface area contributed by atoms with Crippen LogP contribution < -0.4 is 0 Å². The summed E-state index contributed by atoms with van der Waals surface area (Å²) in [6, 6.07) is 0. The molecule has 0 aromatic heterocycles. The van der Waals surface area contributed by atoms with Gasteiger partial charge in [-0.25, -0.2) is 12.7 Å². The van der Waals surface area contributed by atoms with E-state index < -0.39 is 34.0 Å². The van der Waals surface area contributed by atoms with Crippen LogP contribution in [0.4, 0.5) is 0 Å². The Morgan fingerprint density at radius 1 is 0.733 bits per heavy atom. The Hall–Kier alpha value is -0.555. The van der Waals surface area contributed by atoms with E-state index in [1.165, 1.54) is 49.1 Å². The van der Waals surface area contributed by atoms with Crippen LogP contribution >= 0.6 is 0 Å². The van der Waals surface area contributed by atoms with E-state index in [1.807, 2.05) is 0 Å². The summed E-state index contributed by atoms with van der Waals surface area (Å²) in [5.74, 6) is -2.83. The van der Waals surface area contributed by atoms with Gasteiger partial charge < -0.3 is 32.7 Å². The number of sulfonamides is 1. The molecule has 0 aliphatic carbocycles. The van der Waals surface area contributed by atoms with Crippen molar-refractivity contribution in [2.45, 2.75) is 70.8 Å². The van der Waals surface area contributed by atoms with E-state index in [-0.39, 0.29) is 66.1 Å². The largest absolute Gasteiger partial charge is 2.00 e. The van der Waals surface area contributed by atoms with E-state index in [2.05, 4.69) is 19.2 Å².